The Bertz CT molecular complexity index is 472. The number of benzene rings is 1. The Morgan fingerprint density at radius 3 is 2.84 bits per heavy atom. The first-order chi connectivity index (χ1) is 9.29. The van der Waals surface area contributed by atoms with Crippen molar-refractivity contribution >= 4 is 5.91 Å². The zero-order valence-corrected chi connectivity index (χ0v) is 11.3. The van der Waals surface area contributed by atoms with E-state index in [1.165, 1.54) is 30.4 Å². The van der Waals surface area contributed by atoms with Gasteiger partial charge in [0.2, 0.25) is 5.91 Å². The van der Waals surface area contributed by atoms with E-state index >= 15 is 0 Å². The number of carbonyl (C=O) groups is 1. The average Bonchev–Trinajstić information content (AvgIpc) is 2.85. The van der Waals surface area contributed by atoms with Crippen LogP contribution in [-0.2, 0) is 11.2 Å². The van der Waals surface area contributed by atoms with Gasteiger partial charge in [0.05, 0.1) is 5.92 Å². The second-order valence-electron chi connectivity index (χ2n) is 5.89. The number of hydrogen-bond acceptors (Lipinski definition) is 2. The van der Waals surface area contributed by atoms with Crippen molar-refractivity contribution in [3.8, 4) is 0 Å². The second kappa shape index (κ2) is 5.33. The average molecular weight is 258 g/mol. The zero-order valence-electron chi connectivity index (χ0n) is 11.3. The van der Waals surface area contributed by atoms with Crippen LogP contribution in [0.15, 0.2) is 24.3 Å². The smallest absolute Gasteiger partial charge is 0.227 e. The van der Waals surface area contributed by atoms with Crippen molar-refractivity contribution in [1.82, 2.24) is 5.32 Å². The quantitative estimate of drug-likeness (QED) is 0.865. The Morgan fingerprint density at radius 1 is 1.26 bits per heavy atom. The van der Waals surface area contributed by atoms with Gasteiger partial charge >= 0.3 is 0 Å². The summed E-state index contributed by atoms with van der Waals surface area (Å²) < 4.78 is 0. The number of amides is 1. The highest BCUT2D eigenvalue weighted by Crippen LogP contribution is 2.35. The first-order valence-electron chi connectivity index (χ1n) is 7.35. The maximum Gasteiger partial charge on any atom is 0.227 e. The van der Waals surface area contributed by atoms with E-state index in [0.29, 0.717) is 11.8 Å². The molecule has 2 aliphatic rings. The summed E-state index contributed by atoms with van der Waals surface area (Å²) >= 11 is 0. The molecule has 3 rings (SSSR count). The standard InChI is InChI=1S/C16H22N2O/c17-9-12-5-3-6-13(12)10-18-16(19)15-8-11-4-1-2-7-14(11)15/h1-2,4,7,12-13,15H,3,5-6,8-10,17H2,(H,18,19). The van der Waals surface area contributed by atoms with Crippen molar-refractivity contribution in [2.45, 2.75) is 31.6 Å². The lowest BCUT2D eigenvalue weighted by Gasteiger charge is -2.29. The Kier molecular flexibility index (Phi) is 3.56. The van der Waals surface area contributed by atoms with Gasteiger partial charge in [-0.05, 0) is 48.8 Å². The Hall–Kier alpha value is -1.35. The fourth-order valence-electron chi connectivity index (χ4n) is 3.54. The highest BCUT2D eigenvalue weighted by molar-refractivity contribution is 5.86. The summed E-state index contributed by atoms with van der Waals surface area (Å²) in [7, 11) is 0. The van der Waals surface area contributed by atoms with Gasteiger partial charge in [0, 0.05) is 6.54 Å². The molecule has 0 aliphatic heterocycles. The molecule has 1 aromatic carbocycles. The molecule has 1 saturated carbocycles. The molecule has 3 unspecified atom stereocenters. The van der Waals surface area contributed by atoms with Gasteiger partial charge in [-0.3, -0.25) is 4.79 Å². The molecule has 0 spiro atoms. The Labute approximate surface area is 114 Å². The van der Waals surface area contributed by atoms with Crippen molar-refractivity contribution in [2.75, 3.05) is 13.1 Å². The molecule has 102 valence electrons. The Morgan fingerprint density at radius 2 is 2.05 bits per heavy atom. The van der Waals surface area contributed by atoms with Crippen LogP contribution in [0, 0.1) is 11.8 Å². The molecule has 0 aromatic heterocycles. The van der Waals surface area contributed by atoms with Gasteiger partial charge in [-0.15, -0.1) is 0 Å². The molecule has 1 aromatic rings. The van der Waals surface area contributed by atoms with Crippen LogP contribution in [0.4, 0.5) is 0 Å². The van der Waals surface area contributed by atoms with Gasteiger partial charge in [-0.1, -0.05) is 30.7 Å². The van der Waals surface area contributed by atoms with Crippen molar-refractivity contribution in [1.29, 1.82) is 0 Å². The van der Waals surface area contributed by atoms with Gasteiger partial charge in [0.15, 0.2) is 0 Å². The van der Waals surface area contributed by atoms with Gasteiger partial charge < -0.3 is 11.1 Å². The fraction of sp³-hybridized carbons (Fsp3) is 0.562. The topological polar surface area (TPSA) is 55.1 Å². The Balaban J connectivity index is 1.53. The SMILES string of the molecule is NCC1CCCC1CNC(=O)C1Cc2ccccc21. The van der Waals surface area contributed by atoms with Crippen LogP contribution in [-0.4, -0.2) is 19.0 Å². The number of rotatable bonds is 4. The normalized spacial score (nSPS) is 28.6. The minimum absolute atomic E-state index is 0.0777. The van der Waals surface area contributed by atoms with Crippen molar-refractivity contribution in [3.05, 3.63) is 35.4 Å². The summed E-state index contributed by atoms with van der Waals surface area (Å²) in [6.07, 6.45) is 4.59. The first kappa shape index (κ1) is 12.7. The van der Waals surface area contributed by atoms with Crippen LogP contribution in [0.5, 0.6) is 0 Å². The summed E-state index contributed by atoms with van der Waals surface area (Å²) in [4.78, 5) is 12.2. The molecule has 0 heterocycles. The number of carbonyl (C=O) groups excluding carboxylic acids is 1. The summed E-state index contributed by atoms with van der Waals surface area (Å²) in [5.74, 6) is 1.47. The minimum atomic E-state index is 0.0777. The van der Waals surface area contributed by atoms with Crippen LogP contribution >= 0.6 is 0 Å². The fourth-order valence-corrected chi connectivity index (χ4v) is 3.54. The van der Waals surface area contributed by atoms with E-state index in [2.05, 4.69) is 17.4 Å². The predicted molar refractivity (Wildman–Crippen MR) is 75.8 cm³/mol. The zero-order chi connectivity index (χ0) is 13.2. The van der Waals surface area contributed by atoms with E-state index in [0.717, 1.165) is 19.5 Å². The van der Waals surface area contributed by atoms with Crippen LogP contribution in [0.3, 0.4) is 0 Å². The summed E-state index contributed by atoms with van der Waals surface area (Å²) in [6, 6.07) is 8.24. The highest BCUT2D eigenvalue weighted by Gasteiger charge is 2.33. The summed E-state index contributed by atoms with van der Waals surface area (Å²) in [6.45, 7) is 1.56. The maximum atomic E-state index is 12.2. The van der Waals surface area contributed by atoms with Gasteiger partial charge in [0.1, 0.15) is 0 Å². The molecular formula is C16H22N2O. The third kappa shape index (κ3) is 2.39. The van der Waals surface area contributed by atoms with Gasteiger partial charge in [-0.25, -0.2) is 0 Å². The van der Waals surface area contributed by atoms with E-state index in [4.69, 9.17) is 5.73 Å². The summed E-state index contributed by atoms with van der Waals surface area (Å²) in [5, 5.41) is 3.14. The molecular weight excluding hydrogens is 236 g/mol. The third-order valence-corrected chi connectivity index (χ3v) is 4.83. The van der Waals surface area contributed by atoms with Gasteiger partial charge in [0.25, 0.3) is 0 Å². The van der Waals surface area contributed by atoms with E-state index in [9.17, 15) is 4.79 Å². The van der Waals surface area contributed by atoms with E-state index in [-0.39, 0.29) is 11.8 Å². The van der Waals surface area contributed by atoms with E-state index < -0.39 is 0 Å². The van der Waals surface area contributed by atoms with Crippen molar-refractivity contribution in [3.63, 3.8) is 0 Å². The second-order valence-corrected chi connectivity index (χ2v) is 5.89. The van der Waals surface area contributed by atoms with Crippen LogP contribution in [0.2, 0.25) is 0 Å². The molecule has 1 fully saturated rings. The van der Waals surface area contributed by atoms with Crippen LogP contribution < -0.4 is 11.1 Å². The molecule has 0 radical (unpaired) electrons. The maximum absolute atomic E-state index is 12.2. The van der Waals surface area contributed by atoms with Crippen LogP contribution in [0.1, 0.15) is 36.3 Å². The summed E-state index contributed by atoms with van der Waals surface area (Å²) in [5.41, 5.74) is 8.31. The minimum Gasteiger partial charge on any atom is -0.355 e. The lowest BCUT2D eigenvalue weighted by atomic mass is 9.77. The van der Waals surface area contributed by atoms with E-state index in [1.54, 1.807) is 0 Å². The van der Waals surface area contributed by atoms with E-state index in [1.807, 2.05) is 12.1 Å². The van der Waals surface area contributed by atoms with Crippen LogP contribution in [0.25, 0.3) is 0 Å². The molecule has 0 saturated heterocycles. The number of nitrogens with one attached hydrogen (secondary N) is 1. The van der Waals surface area contributed by atoms with Crippen molar-refractivity contribution < 1.29 is 4.79 Å². The lowest BCUT2D eigenvalue weighted by Crippen LogP contribution is -2.39. The largest absolute Gasteiger partial charge is 0.355 e. The first-order valence-corrected chi connectivity index (χ1v) is 7.35. The molecule has 3 atom stereocenters. The number of nitrogens with two attached hydrogens (primary N) is 1. The highest BCUT2D eigenvalue weighted by atomic mass is 16.1. The number of hydrogen-bond donors (Lipinski definition) is 2. The molecule has 0 bridgehead atoms. The molecule has 3 heteroatoms. The van der Waals surface area contributed by atoms with Gasteiger partial charge in [-0.2, -0.15) is 0 Å². The third-order valence-electron chi connectivity index (χ3n) is 4.83. The van der Waals surface area contributed by atoms with Crippen molar-refractivity contribution in [2.24, 2.45) is 17.6 Å². The monoisotopic (exact) mass is 258 g/mol. The number of fused-ring (bicyclic) bond motifs is 1. The lowest BCUT2D eigenvalue weighted by molar-refractivity contribution is -0.123. The molecule has 1 amide bonds. The molecule has 19 heavy (non-hydrogen) atoms. The molecule has 3 nitrogen and oxygen atoms in total. The molecule has 2 aliphatic carbocycles. The predicted octanol–water partition coefficient (Wildman–Crippen LogP) is 1.82. The molecule has 3 N–H and O–H groups in total.